The highest BCUT2D eigenvalue weighted by atomic mass is 32.2. The number of sulfonamides is 1. The number of anilines is 1. The number of piperazine rings is 1. The van der Waals surface area contributed by atoms with E-state index in [1.807, 2.05) is 28.0 Å². The molecule has 1 saturated heterocycles. The highest BCUT2D eigenvalue weighted by Crippen LogP contribution is 2.27. The van der Waals surface area contributed by atoms with Gasteiger partial charge in [0.15, 0.2) is 0 Å². The Bertz CT molecular complexity index is 666. The van der Waals surface area contributed by atoms with Crippen molar-refractivity contribution in [3.63, 3.8) is 0 Å². The molecule has 0 radical (unpaired) electrons. The molecular formula is C15H21N3O3S. The molecule has 120 valence electrons. The van der Waals surface area contributed by atoms with Crippen LogP contribution >= 0.6 is 0 Å². The van der Waals surface area contributed by atoms with Crippen molar-refractivity contribution < 1.29 is 13.2 Å². The topological polar surface area (TPSA) is 60.9 Å². The van der Waals surface area contributed by atoms with E-state index >= 15 is 0 Å². The Morgan fingerprint density at radius 3 is 2.45 bits per heavy atom. The Morgan fingerprint density at radius 2 is 1.77 bits per heavy atom. The highest BCUT2D eigenvalue weighted by molar-refractivity contribution is 7.88. The first-order chi connectivity index (χ1) is 10.4. The van der Waals surface area contributed by atoms with Crippen molar-refractivity contribution in [2.75, 3.05) is 50.4 Å². The van der Waals surface area contributed by atoms with E-state index in [0.717, 1.165) is 18.7 Å². The predicted molar refractivity (Wildman–Crippen MR) is 85.4 cm³/mol. The first-order valence-electron chi connectivity index (χ1n) is 7.51. The summed E-state index contributed by atoms with van der Waals surface area (Å²) in [5.74, 6) is 0.0951. The van der Waals surface area contributed by atoms with Crippen LogP contribution in [0.4, 0.5) is 5.69 Å². The van der Waals surface area contributed by atoms with Crippen molar-refractivity contribution in [3.8, 4) is 0 Å². The summed E-state index contributed by atoms with van der Waals surface area (Å²) in [6.07, 6.45) is 2.14. The number of hydrogen-bond acceptors (Lipinski definition) is 4. The number of para-hydroxylation sites is 1. The predicted octanol–water partition coefficient (Wildman–Crippen LogP) is 0.153. The largest absolute Gasteiger partial charge is 0.311 e. The summed E-state index contributed by atoms with van der Waals surface area (Å²) in [6.45, 7) is 3.22. The van der Waals surface area contributed by atoms with E-state index in [1.165, 1.54) is 16.1 Å². The maximum absolute atomic E-state index is 12.5. The molecule has 0 bridgehead atoms. The van der Waals surface area contributed by atoms with Gasteiger partial charge in [-0.3, -0.25) is 9.69 Å². The zero-order valence-corrected chi connectivity index (χ0v) is 13.6. The van der Waals surface area contributed by atoms with Crippen molar-refractivity contribution in [2.45, 2.75) is 6.42 Å². The molecule has 2 aliphatic heterocycles. The van der Waals surface area contributed by atoms with Crippen molar-refractivity contribution in [2.24, 2.45) is 0 Å². The molecule has 1 aromatic carbocycles. The van der Waals surface area contributed by atoms with Crippen LogP contribution in [0.1, 0.15) is 5.56 Å². The number of amides is 1. The minimum atomic E-state index is -3.12. The SMILES string of the molecule is CS(=O)(=O)N1CCN(CC(=O)N2CCc3ccccc32)CC1. The maximum atomic E-state index is 12.5. The smallest absolute Gasteiger partial charge is 0.241 e. The zero-order valence-electron chi connectivity index (χ0n) is 12.7. The quantitative estimate of drug-likeness (QED) is 0.795. The molecule has 1 fully saturated rings. The third kappa shape index (κ3) is 3.16. The molecule has 2 aliphatic rings. The monoisotopic (exact) mass is 323 g/mol. The first-order valence-corrected chi connectivity index (χ1v) is 9.36. The van der Waals surface area contributed by atoms with Crippen LogP contribution in [0, 0.1) is 0 Å². The van der Waals surface area contributed by atoms with Crippen LogP contribution in [0.5, 0.6) is 0 Å². The van der Waals surface area contributed by atoms with Gasteiger partial charge in [0.25, 0.3) is 0 Å². The lowest BCUT2D eigenvalue weighted by Crippen LogP contribution is -2.51. The van der Waals surface area contributed by atoms with E-state index in [4.69, 9.17) is 0 Å². The Balaban J connectivity index is 1.58. The fourth-order valence-corrected chi connectivity index (χ4v) is 3.92. The van der Waals surface area contributed by atoms with Crippen LogP contribution in [0.2, 0.25) is 0 Å². The molecule has 0 unspecified atom stereocenters. The molecule has 3 rings (SSSR count). The summed E-state index contributed by atoms with van der Waals surface area (Å²) in [5.41, 5.74) is 2.24. The van der Waals surface area contributed by atoms with Gasteiger partial charge >= 0.3 is 0 Å². The summed E-state index contributed by atoms with van der Waals surface area (Å²) >= 11 is 0. The number of hydrogen-bond donors (Lipinski definition) is 0. The number of benzene rings is 1. The highest BCUT2D eigenvalue weighted by Gasteiger charge is 2.28. The Kier molecular flexibility index (Phi) is 4.20. The Hall–Kier alpha value is -1.44. The maximum Gasteiger partial charge on any atom is 0.241 e. The number of rotatable bonds is 3. The van der Waals surface area contributed by atoms with Crippen molar-refractivity contribution >= 4 is 21.6 Å². The molecule has 0 spiro atoms. The third-order valence-electron chi connectivity index (χ3n) is 4.35. The molecule has 1 aromatic rings. The Morgan fingerprint density at radius 1 is 1.09 bits per heavy atom. The second kappa shape index (κ2) is 5.98. The van der Waals surface area contributed by atoms with E-state index < -0.39 is 10.0 Å². The molecule has 0 aliphatic carbocycles. The van der Waals surface area contributed by atoms with Crippen LogP contribution in [0.15, 0.2) is 24.3 Å². The summed E-state index contributed by atoms with van der Waals surface area (Å²) in [4.78, 5) is 16.4. The molecule has 0 atom stereocenters. The summed E-state index contributed by atoms with van der Waals surface area (Å²) in [6, 6.07) is 8.00. The first kappa shape index (κ1) is 15.5. The molecule has 7 heteroatoms. The average molecular weight is 323 g/mol. The second-order valence-corrected chi connectivity index (χ2v) is 7.84. The van der Waals surface area contributed by atoms with E-state index in [1.54, 1.807) is 0 Å². The third-order valence-corrected chi connectivity index (χ3v) is 5.65. The molecule has 6 nitrogen and oxygen atoms in total. The molecule has 0 aromatic heterocycles. The van der Waals surface area contributed by atoms with Gasteiger partial charge in [-0.15, -0.1) is 0 Å². The minimum absolute atomic E-state index is 0.0951. The van der Waals surface area contributed by atoms with Crippen molar-refractivity contribution in [1.82, 2.24) is 9.21 Å². The van der Waals surface area contributed by atoms with Gasteiger partial charge in [-0.05, 0) is 18.1 Å². The number of carbonyl (C=O) groups is 1. The van der Waals surface area contributed by atoms with Crippen LogP contribution in [0.25, 0.3) is 0 Å². The lowest BCUT2D eigenvalue weighted by Gasteiger charge is -2.33. The lowest BCUT2D eigenvalue weighted by molar-refractivity contribution is -0.119. The Labute approximate surface area is 131 Å². The second-order valence-electron chi connectivity index (χ2n) is 5.86. The van der Waals surface area contributed by atoms with Gasteiger partial charge in [0.2, 0.25) is 15.9 Å². The van der Waals surface area contributed by atoms with Gasteiger partial charge in [-0.25, -0.2) is 8.42 Å². The summed E-state index contributed by atoms with van der Waals surface area (Å²) in [7, 11) is -3.12. The van der Waals surface area contributed by atoms with Gasteiger partial charge in [0, 0.05) is 38.4 Å². The van der Waals surface area contributed by atoms with Crippen LogP contribution in [-0.4, -0.2) is 69.1 Å². The van der Waals surface area contributed by atoms with E-state index in [9.17, 15) is 13.2 Å². The standard InChI is InChI=1S/C15H21N3O3S/c1-22(20,21)17-10-8-16(9-11-17)12-15(19)18-7-6-13-4-2-3-5-14(13)18/h2-5H,6-12H2,1H3. The van der Waals surface area contributed by atoms with Crippen LogP contribution in [0.3, 0.4) is 0 Å². The van der Waals surface area contributed by atoms with Gasteiger partial charge in [-0.2, -0.15) is 4.31 Å². The average Bonchev–Trinajstić information content (AvgIpc) is 2.91. The van der Waals surface area contributed by atoms with E-state index in [2.05, 4.69) is 6.07 Å². The van der Waals surface area contributed by atoms with Gasteiger partial charge in [0.1, 0.15) is 0 Å². The van der Waals surface area contributed by atoms with Crippen LogP contribution in [-0.2, 0) is 21.2 Å². The van der Waals surface area contributed by atoms with Crippen LogP contribution < -0.4 is 4.90 Å². The molecule has 1 amide bonds. The van der Waals surface area contributed by atoms with E-state index in [-0.39, 0.29) is 5.91 Å². The van der Waals surface area contributed by atoms with Gasteiger partial charge in [-0.1, -0.05) is 18.2 Å². The molecule has 2 heterocycles. The fraction of sp³-hybridized carbons (Fsp3) is 0.533. The lowest BCUT2D eigenvalue weighted by atomic mass is 10.2. The van der Waals surface area contributed by atoms with Gasteiger partial charge < -0.3 is 4.90 Å². The number of fused-ring (bicyclic) bond motifs is 1. The van der Waals surface area contributed by atoms with Crippen molar-refractivity contribution in [1.29, 1.82) is 0 Å². The van der Waals surface area contributed by atoms with Crippen molar-refractivity contribution in [3.05, 3.63) is 29.8 Å². The molecule has 0 N–H and O–H groups in total. The summed E-state index contributed by atoms with van der Waals surface area (Å²) < 4.78 is 24.5. The molecular weight excluding hydrogens is 302 g/mol. The zero-order chi connectivity index (χ0) is 15.7. The fourth-order valence-electron chi connectivity index (χ4n) is 3.09. The normalized spacial score (nSPS) is 20.1. The van der Waals surface area contributed by atoms with Gasteiger partial charge in [0.05, 0.1) is 12.8 Å². The number of nitrogens with zero attached hydrogens (tertiary/aromatic N) is 3. The molecule has 22 heavy (non-hydrogen) atoms. The minimum Gasteiger partial charge on any atom is -0.311 e. The molecule has 0 saturated carbocycles. The number of carbonyl (C=O) groups excluding carboxylic acids is 1. The summed E-state index contributed by atoms with van der Waals surface area (Å²) in [5, 5.41) is 0. The van der Waals surface area contributed by atoms with E-state index in [0.29, 0.717) is 32.7 Å².